The van der Waals surface area contributed by atoms with Gasteiger partial charge in [0.1, 0.15) is 0 Å². The summed E-state index contributed by atoms with van der Waals surface area (Å²) in [5.41, 5.74) is 7.77. The molecule has 9 heavy (non-hydrogen) atoms. The number of halogens is 1. The van der Waals surface area contributed by atoms with E-state index in [0.717, 1.165) is 0 Å². The fourth-order valence-corrected chi connectivity index (χ4v) is 0.467. The standard InChI is InChI=1S/C4H6ClN3O/c5-4(9)2-1-3-7-8-6/h1-3H2. The maximum absolute atomic E-state index is 10.0. The summed E-state index contributed by atoms with van der Waals surface area (Å²) in [6, 6.07) is 0. The Morgan fingerprint density at radius 3 is 2.89 bits per heavy atom. The Morgan fingerprint density at radius 1 is 1.78 bits per heavy atom. The van der Waals surface area contributed by atoms with Crippen molar-refractivity contribution in [3.63, 3.8) is 0 Å². The summed E-state index contributed by atoms with van der Waals surface area (Å²) < 4.78 is 0. The number of carbonyl (C=O) groups excluding carboxylic acids is 1. The predicted molar refractivity (Wildman–Crippen MR) is 34.1 cm³/mol. The Kier molecular flexibility index (Phi) is 4.97. The van der Waals surface area contributed by atoms with Crippen LogP contribution in [0.5, 0.6) is 0 Å². The van der Waals surface area contributed by atoms with E-state index in [2.05, 4.69) is 10.0 Å². The smallest absolute Gasteiger partial charge is 0.221 e. The number of hydrogen-bond acceptors (Lipinski definition) is 2. The monoisotopic (exact) mass is 147 g/mol. The lowest BCUT2D eigenvalue weighted by molar-refractivity contribution is -0.111. The Labute approximate surface area is 57.4 Å². The van der Waals surface area contributed by atoms with Crippen LogP contribution in [-0.4, -0.2) is 11.8 Å². The van der Waals surface area contributed by atoms with Crippen molar-refractivity contribution in [3.05, 3.63) is 10.4 Å². The van der Waals surface area contributed by atoms with E-state index in [0.29, 0.717) is 13.0 Å². The van der Waals surface area contributed by atoms with Crippen LogP contribution in [0, 0.1) is 0 Å². The van der Waals surface area contributed by atoms with E-state index < -0.39 is 0 Å². The molecule has 5 heteroatoms. The van der Waals surface area contributed by atoms with Gasteiger partial charge in [-0.3, -0.25) is 4.79 Å². The molecule has 0 amide bonds. The lowest BCUT2D eigenvalue weighted by Crippen LogP contribution is -1.87. The van der Waals surface area contributed by atoms with Gasteiger partial charge in [-0.05, 0) is 23.6 Å². The maximum Gasteiger partial charge on any atom is 0.221 e. The van der Waals surface area contributed by atoms with Gasteiger partial charge in [-0.2, -0.15) is 0 Å². The molecule has 0 rings (SSSR count). The van der Waals surface area contributed by atoms with Crippen LogP contribution in [0.1, 0.15) is 12.8 Å². The highest BCUT2D eigenvalue weighted by Gasteiger charge is 1.92. The van der Waals surface area contributed by atoms with E-state index in [1.807, 2.05) is 0 Å². The van der Waals surface area contributed by atoms with E-state index in [9.17, 15) is 4.79 Å². The Balaban J connectivity index is 3.10. The summed E-state index contributed by atoms with van der Waals surface area (Å²) in [5, 5.41) is 2.83. The minimum atomic E-state index is -0.386. The largest absolute Gasteiger partial charge is 0.281 e. The van der Waals surface area contributed by atoms with Gasteiger partial charge < -0.3 is 0 Å². The number of nitrogens with zero attached hydrogens (tertiary/aromatic N) is 3. The van der Waals surface area contributed by atoms with Crippen molar-refractivity contribution in [3.8, 4) is 0 Å². The molecule has 0 saturated carbocycles. The van der Waals surface area contributed by atoms with E-state index >= 15 is 0 Å². The molecule has 0 radical (unpaired) electrons. The number of carbonyl (C=O) groups is 1. The summed E-state index contributed by atoms with van der Waals surface area (Å²) in [4.78, 5) is 12.5. The molecule has 0 aliphatic carbocycles. The van der Waals surface area contributed by atoms with Crippen LogP contribution in [0.15, 0.2) is 5.11 Å². The molecule has 0 spiro atoms. The molecule has 4 nitrogen and oxygen atoms in total. The van der Waals surface area contributed by atoms with Crippen molar-refractivity contribution < 1.29 is 4.79 Å². The van der Waals surface area contributed by atoms with Gasteiger partial charge in [-0.15, -0.1) is 0 Å². The van der Waals surface area contributed by atoms with E-state index in [1.54, 1.807) is 0 Å². The van der Waals surface area contributed by atoms with Gasteiger partial charge in [0.25, 0.3) is 0 Å². The molecule has 0 bridgehead atoms. The third-order valence-corrected chi connectivity index (χ3v) is 0.884. The fraction of sp³-hybridized carbons (Fsp3) is 0.750. The summed E-state index contributed by atoms with van der Waals surface area (Å²) in [6.07, 6.45) is 0.812. The van der Waals surface area contributed by atoms with Gasteiger partial charge in [0, 0.05) is 17.9 Å². The van der Waals surface area contributed by atoms with E-state index in [-0.39, 0.29) is 11.7 Å². The molecular formula is C4H6ClN3O. The van der Waals surface area contributed by atoms with Gasteiger partial charge in [0.15, 0.2) is 0 Å². The Bertz CT molecular complexity index is 139. The maximum atomic E-state index is 10.0. The van der Waals surface area contributed by atoms with Crippen LogP contribution in [0.4, 0.5) is 0 Å². The van der Waals surface area contributed by atoms with E-state index in [1.165, 1.54) is 0 Å². The van der Waals surface area contributed by atoms with Gasteiger partial charge in [-0.1, -0.05) is 5.11 Å². The van der Waals surface area contributed by atoms with Crippen LogP contribution in [0.25, 0.3) is 10.4 Å². The average Bonchev–Trinajstić information content (AvgIpc) is 1.80. The molecule has 0 aromatic carbocycles. The first kappa shape index (κ1) is 8.27. The highest BCUT2D eigenvalue weighted by molar-refractivity contribution is 6.63. The Hall–Kier alpha value is -0.730. The summed E-state index contributed by atoms with van der Waals surface area (Å²) >= 11 is 4.98. The van der Waals surface area contributed by atoms with Gasteiger partial charge in [0.05, 0.1) is 0 Å². The molecule has 0 aromatic heterocycles. The lowest BCUT2D eigenvalue weighted by Gasteiger charge is -1.85. The van der Waals surface area contributed by atoms with E-state index in [4.69, 9.17) is 17.1 Å². The zero-order valence-electron chi connectivity index (χ0n) is 4.75. The molecule has 0 heterocycles. The summed E-state index contributed by atoms with van der Waals surface area (Å²) in [5.74, 6) is 0. The van der Waals surface area contributed by atoms with Crippen molar-refractivity contribution in [2.45, 2.75) is 12.8 Å². The van der Waals surface area contributed by atoms with Crippen LogP contribution in [0.2, 0.25) is 0 Å². The number of rotatable bonds is 4. The molecule has 0 aliphatic rings. The molecule has 0 fully saturated rings. The molecule has 0 atom stereocenters. The minimum Gasteiger partial charge on any atom is -0.281 e. The SMILES string of the molecule is [N-]=[N+]=NCCCC(=O)Cl. The average molecular weight is 148 g/mol. The first-order valence-electron chi connectivity index (χ1n) is 2.46. The highest BCUT2D eigenvalue weighted by atomic mass is 35.5. The van der Waals surface area contributed by atoms with Crippen molar-refractivity contribution in [1.29, 1.82) is 0 Å². The van der Waals surface area contributed by atoms with Crippen molar-refractivity contribution in [2.75, 3.05) is 6.54 Å². The molecule has 0 saturated heterocycles. The van der Waals surface area contributed by atoms with Crippen LogP contribution < -0.4 is 0 Å². The zero-order chi connectivity index (χ0) is 7.11. The number of hydrogen-bond donors (Lipinski definition) is 0. The molecular weight excluding hydrogens is 142 g/mol. The van der Waals surface area contributed by atoms with Crippen LogP contribution in [0.3, 0.4) is 0 Å². The molecule has 0 aliphatic heterocycles. The fourth-order valence-electron chi connectivity index (χ4n) is 0.333. The lowest BCUT2D eigenvalue weighted by atomic mass is 10.3. The van der Waals surface area contributed by atoms with Gasteiger partial charge in [-0.25, -0.2) is 0 Å². The van der Waals surface area contributed by atoms with Crippen molar-refractivity contribution in [2.24, 2.45) is 5.11 Å². The highest BCUT2D eigenvalue weighted by Crippen LogP contribution is 1.94. The normalized spacial score (nSPS) is 8.11. The third kappa shape index (κ3) is 7.27. The molecule has 0 N–H and O–H groups in total. The quantitative estimate of drug-likeness (QED) is 0.197. The first-order valence-corrected chi connectivity index (χ1v) is 2.84. The second-order valence-corrected chi connectivity index (χ2v) is 1.83. The number of azide groups is 1. The third-order valence-electron chi connectivity index (χ3n) is 0.695. The second-order valence-electron chi connectivity index (χ2n) is 1.41. The van der Waals surface area contributed by atoms with Crippen molar-refractivity contribution in [1.82, 2.24) is 0 Å². The first-order chi connectivity index (χ1) is 4.27. The van der Waals surface area contributed by atoms with Crippen LogP contribution >= 0.6 is 11.6 Å². The summed E-state index contributed by atoms with van der Waals surface area (Å²) in [7, 11) is 0. The minimum absolute atomic E-state index is 0.278. The van der Waals surface area contributed by atoms with Crippen molar-refractivity contribution >= 4 is 16.8 Å². The van der Waals surface area contributed by atoms with Crippen LogP contribution in [-0.2, 0) is 4.79 Å². The second kappa shape index (κ2) is 5.41. The summed E-state index contributed by atoms with van der Waals surface area (Å²) in [6.45, 7) is 0.342. The predicted octanol–water partition coefficient (Wildman–Crippen LogP) is 1.84. The molecule has 50 valence electrons. The molecule has 0 unspecified atom stereocenters. The van der Waals surface area contributed by atoms with Gasteiger partial charge >= 0.3 is 0 Å². The Morgan fingerprint density at radius 2 is 2.44 bits per heavy atom. The molecule has 0 aromatic rings. The zero-order valence-corrected chi connectivity index (χ0v) is 5.51. The topological polar surface area (TPSA) is 65.8 Å². The van der Waals surface area contributed by atoms with Gasteiger partial charge in [0.2, 0.25) is 5.24 Å².